The van der Waals surface area contributed by atoms with Gasteiger partial charge in [-0.25, -0.2) is 14.5 Å². The Labute approximate surface area is 181 Å². The zero-order valence-electron chi connectivity index (χ0n) is 17.2. The summed E-state index contributed by atoms with van der Waals surface area (Å²) in [5, 5.41) is 6.69. The number of rotatable bonds is 4. The lowest BCUT2D eigenvalue weighted by molar-refractivity contribution is -0.274. The van der Waals surface area contributed by atoms with Crippen LogP contribution in [0.5, 0.6) is 5.75 Å². The molecule has 32 heavy (non-hydrogen) atoms. The second-order valence-electron chi connectivity index (χ2n) is 7.67. The number of nitrogens with zero attached hydrogens (tertiary/aromatic N) is 3. The quantitative estimate of drug-likeness (QED) is 0.662. The number of hydrogen-bond donors (Lipinski definition) is 1. The highest BCUT2D eigenvalue weighted by atomic mass is 19.4. The van der Waals surface area contributed by atoms with Crippen LogP contribution in [0.1, 0.15) is 40.5 Å². The highest BCUT2D eigenvalue weighted by molar-refractivity contribution is 5.97. The van der Waals surface area contributed by atoms with Crippen LogP contribution in [-0.2, 0) is 0 Å². The number of carbonyl (C=O) groups excluding carboxylic acids is 1. The predicted octanol–water partition coefficient (Wildman–Crippen LogP) is 3.79. The number of alkyl halides is 3. The molecule has 10 heteroatoms. The first-order chi connectivity index (χ1) is 15.2. The number of nitrogens with one attached hydrogen (secondary N) is 1. The lowest BCUT2D eigenvalue weighted by Crippen LogP contribution is -2.39. The molecule has 0 spiro atoms. The lowest BCUT2D eigenvalue weighted by Gasteiger charge is -2.32. The molecule has 1 saturated heterocycles. The van der Waals surface area contributed by atoms with Gasteiger partial charge in [0.2, 0.25) is 0 Å². The number of amides is 1. The maximum atomic E-state index is 12.9. The average molecular weight is 446 g/mol. The number of H-pyrrole nitrogens is 1. The minimum Gasteiger partial charge on any atom is -0.405 e. The van der Waals surface area contributed by atoms with Crippen LogP contribution in [0.3, 0.4) is 0 Å². The largest absolute Gasteiger partial charge is 0.573 e. The van der Waals surface area contributed by atoms with E-state index in [1.165, 1.54) is 27.7 Å². The van der Waals surface area contributed by atoms with Gasteiger partial charge in [-0.2, -0.15) is 5.10 Å². The molecular formula is C22H21F3N4O3. The van der Waals surface area contributed by atoms with Crippen LogP contribution in [0, 0.1) is 6.92 Å². The predicted molar refractivity (Wildman–Crippen MR) is 110 cm³/mol. The van der Waals surface area contributed by atoms with Gasteiger partial charge in [0.15, 0.2) is 0 Å². The van der Waals surface area contributed by atoms with Crippen LogP contribution < -0.4 is 10.4 Å². The topological polar surface area (TPSA) is 80.2 Å². The summed E-state index contributed by atoms with van der Waals surface area (Å²) in [4.78, 5) is 26.7. The van der Waals surface area contributed by atoms with Gasteiger partial charge in [0.05, 0.1) is 11.3 Å². The number of likely N-dealkylation sites (tertiary alicyclic amines) is 1. The molecule has 7 nitrogen and oxygen atoms in total. The Balaban J connectivity index is 1.50. The molecule has 0 radical (unpaired) electrons. The molecule has 1 amide bonds. The Morgan fingerprint density at radius 3 is 2.41 bits per heavy atom. The summed E-state index contributed by atoms with van der Waals surface area (Å²) in [6, 6.07) is 12.8. The maximum Gasteiger partial charge on any atom is 0.573 e. The number of hydrogen-bond acceptors (Lipinski definition) is 4. The Morgan fingerprint density at radius 1 is 1.09 bits per heavy atom. The van der Waals surface area contributed by atoms with Gasteiger partial charge >= 0.3 is 12.1 Å². The third kappa shape index (κ3) is 4.53. The second kappa shape index (κ2) is 8.52. The first kappa shape index (κ1) is 21.7. The molecule has 0 unspecified atom stereocenters. The van der Waals surface area contributed by atoms with E-state index in [0.29, 0.717) is 37.4 Å². The van der Waals surface area contributed by atoms with Crippen molar-refractivity contribution in [2.75, 3.05) is 13.1 Å². The summed E-state index contributed by atoms with van der Waals surface area (Å²) in [5.74, 6) is -0.554. The van der Waals surface area contributed by atoms with E-state index in [9.17, 15) is 22.8 Å². The van der Waals surface area contributed by atoms with E-state index in [1.54, 1.807) is 0 Å². The van der Waals surface area contributed by atoms with E-state index < -0.39 is 18.0 Å². The molecular weight excluding hydrogens is 425 g/mol. The monoisotopic (exact) mass is 446 g/mol. The standard InChI is InChI=1S/C22H21F3N4O3/c1-14-6-8-16(9-7-14)29-19(26-27-21(29)31)15-10-12-28(13-11-15)20(30)17-4-2-3-5-18(17)32-22(23,24)25/h2-9,15H,10-13H2,1H3,(H,27,31). The molecule has 1 fully saturated rings. The molecule has 168 valence electrons. The van der Waals surface area contributed by atoms with Gasteiger partial charge in [-0.05, 0) is 44.0 Å². The number of ether oxygens (including phenoxy) is 1. The fraction of sp³-hybridized carbons (Fsp3) is 0.318. The first-order valence-corrected chi connectivity index (χ1v) is 10.1. The van der Waals surface area contributed by atoms with Gasteiger partial charge in [0.1, 0.15) is 11.6 Å². The van der Waals surface area contributed by atoms with Gasteiger partial charge in [-0.1, -0.05) is 29.8 Å². The van der Waals surface area contributed by atoms with Crippen molar-refractivity contribution in [3.63, 3.8) is 0 Å². The zero-order chi connectivity index (χ0) is 22.9. The van der Waals surface area contributed by atoms with Crippen molar-refractivity contribution in [2.24, 2.45) is 0 Å². The van der Waals surface area contributed by atoms with Gasteiger partial charge in [0.25, 0.3) is 5.91 Å². The number of piperidine rings is 1. The van der Waals surface area contributed by atoms with Crippen LogP contribution in [0.4, 0.5) is 13.2 Å². The van der Waals surface area contributed by atoms with Crippen LogP contribution in [0.25, 0.3) is 5.69 Å². The van der Waals surface area contributed by atoms with Crippen molar-refractivity contribution in [3.05, 3.63) is 76.0 Å². The maximum absolute atomic E-state index is 12.9. The smallest absolute Gasteiger partial charge is 0.405 e. The number of halogens is 3. The molecule has 1 aromatic heterocycles. The van der Waals surface area contributed by atoms with E-state index in [0.717, 1.165) is 11.6 Å². The minimum absolute atomic E-state index is 0.0824. The molecule has 0 bridgehead atoms. The third-order valence-corrected chi connectivity index (χ3v) is 5.48. The number of carbonyl (C=O) groups is 1. The van der Waals surface area contributed by atoms with Crippen molar-refractivity contribution in [1.29, 1.82) is 0 Å². The average Bonchev–Trinajstić information content (AvgIpc) is 3.14. The Kier molecular flexibility index (Phi) is 5.77. The molecule has 1 aliphatic heterocycles. The second-order valence-corrected chi connectivity index (χ2v) is 7.67. The summed E-state index contributed by atoms with van der Waals surface area (Å²) < 4.78 is 43.6. The van der Waals surface area contributed by atoms with Crippen LogP contribution >= 0.6 is 0 Å². The fourth-order valence-corrected chi connectivity index (χ4v) is 3.89. The van der Waals surface area contributed by atoms with Crippen molar-refractivity contribution in [2.45, 2.75) is 32.0 Å². The molecule has 0 saturated carbocycles. The lowest BCUT2D eigenvalue weighted by atomic mass is 9.95. The number of aryl methyl sites for hydroxylation is 1. The van der Waals surface area contributed by atoms with E-state index in [4.69, 9.17) is 0 Å². The normalized spacial score (nSPS) is 15.1. The Bertz CT molecular complexity index is 1160. The number of para-hydroxylation sites is 1. The number of aromatic amines is 1. The minimum atomic E-state index is -4.89. The van der Waals surface area contributed by atoms with Crippen molar-refractivity contribution in [1.82, 2.24) is 19.7 Å². The molecule has 1 aliphatic rings. The molecule has 0 atom stereocenters. The van der Waals surface area contributed by atoms with E-state index in [1.807, 2.05) is 31.2 Å². The number of aromatic nitrogens is 3. The third-order valence-electron chi connectivity index (χ3n) is 5.48. The summed E-state index contributed by atoms with van der Waals surface area (Å²) in [6.07, 6.45) is -3.85. The zero-order valence-corrected chi connectivity index (χ0v) is 17.2. The Morgan fingerprint density at radius 2 is 1.75 bits per heavy atom. The Hall–Kier alpha value is -3.56. The van der Waals surface area contributed by atoms with Crippen LogP contribution in [-0.4, -0.2) is 45.0 Å². The van der Waals surface area contributed by atoms with E-state index in [-0.39, 0.29) is 17.2 Å². The molecule has 1 N–H and O–H groups in total. The van der Waals surface area contributed by atoms with Gasteiger partial charge in [0, 0.05) is 19.0 Å². The SMILES string of the molecule is Cc1ccc(-n2c(C3CCN(C(=O)c4ccccc4OC(F)(F)F)CC3)n[nH]c2=O)cc1. The fourth-order valence-electron chi connectivity index (χ4n) is 3.89. The van der Waals surface area contributed by atoms with E-state index in [2.05, 4.69) is 14.9 Å². The summed E-state index contributed by atoms with van der Waals surface area (Å²) in [5.41, 5.74) is 1.27. The van der Waals surface area contributed by atoms with Crippen molar-refractivity contribution in [3.8, 4) is 11.4 Å². The van der Waals surface area contributed by atoms with Gasteiger partial charge < -0.3 is 9.64 Å². The first-order valence-electron chi connectivity index (χ1n) is 10.1. The van der Waals surface area contributed by atoms with Crippen LogP contribution in [0.15, 0.2) is 53.3 Å². The van der Waals surface area contributed by atoms with Crippen LogP contribution in [0.2, 0.25) is 0 Å². The molecule has 2 aromatic carbocycles. The highest BCUT2D eigenvalue weighted by Crippen LogP contribution is 2.31. The van der Waals surface area contributed by atoms with Gasteiger partial charge in [-0.15, -0.1) is 13.2 Å². The molecule has 4 rings (SSSR count). The highest BCUT2D eigenvalue weighted by Gasteiger charge is 2.34. The van der Waals surface area contributed by atoms with Gasteiger partial charge in [-0.3, -0.25) is 4.79 Å². The molecule has 0 aliphatic carbocycles. The molecule has 3 aromatic rings. The summed E-state index contributed by atoms with van der Waals surface area (Å²) in [6.45, 7) is 2.59. The summed E-state index contributed by atoms with van der Waals surface area (Å²) >= 11 is 0. The number of benzene rings is 2. The van der Waals surface area contributed by atoms with E-state index >= 15 is 0 Å². The summed E-state index contributed by atoms with van der Waals surface area (Å²) in [7, 11) is 0. The van der Waals surface area contributed by atoms with Crippen molar-refractivity contribution < 1.29 is 22.7 Å². The molecule has 2 heterocycles. The van der Waals surface area contributed by atoms with Crippen molar-refractivity contribution >= 4 is 5.91 Å².